The van der Waals surface area contributed by atoms with Crippen molar-refractivity contribution in [1.29, 1.82) is 0 Å². The first-order valence-electron chi connectivity index (χ1n) is 10.3. The molecule has 0 spiro atoms. The van der Waals surface area contributed by atoms with Crippen molar-refractivity contribution in [2.24, 2.45) is 0 Å². The maximum Gasteiger partial charge on any atom is 0.425 e. The van der Waals surface area contributed by atoms with Gasteiger partial charge in [-0.15, -0.1) is 6.58 Å². The lowest BCUT2D eigenvalue weighted by Gasteiger charge is -2.28. The van der Waals surface area contributed by atoms with E-state index in [1.165, 1.54) is 6.33 Å². The molecule has 1 aliphatic rings. The lowest BCUT2D eigenvalue weighted by molar-refractivity contribution is 0.0264. The molecule has 2 aromatic heterocycles. The Morgan fingerprint density at radius 3 is 2.26 bits per heavy atom. The van der Waals surface area contributed by atoms with Gasteiger partial charge in [-0.2, -0.15) is 4.90 Å². The number of nitrogens with zero attached hydrogens (tertiary/aromatic N) is 4. The van der Waals surface area contributed by atoms with Gasteiger partial charge in [0.25, 0.3) is 0 Å². The summed E-state index contributed by atoms with van der Waals surface area (Å²) in [5, 5.41) is 0.505. The lowest BCUT2D eigenvalue weighted by atomic mass is 10.2. The number of aromatic nitrogens is 3. The van der Waals surface area contributed by atoms with E-state index in [2.05, 4.69) is 16.5 Å². The van der Waals surface area contributed by atoms with Crippen molar-refractivity contribution in [3.63, 3.8) is 0 Å². The highest BCUT2D eigenvalue weighted by atomic mass is 16.6. The summed E-state index contributed by atoms with van der Waals surface area (Å²) in [7, 11) is 0. The van der Waals surface area contributed by atoms with Crippen molar-refractivity contribution in [3.8, 4) is 0 Å². The average molecular weight is 431 g/mol. The Labute approximate surface area is 182 Å². The smallest absolute Gasteiger partial charge is 0.425 e. The molecule has 1 fully saturated rings. The number of carbonyl (C=O) groups excluding carboxylic acids is 2. The molecule has 9 heteroatoms. The molecule has 3 heterocycles. The van der Waals surface area contributed by atoms with Crippen molar-refractivity contribution in [2.75, 3.05) is 4.90 Å². The Kier molecular flexibility index (Phi) is 6.09. The second kappa shape index (κ2) is 8.30. The van der Waals surface area contributed by atoms with Crippen LogP contribution in [0.2, 0.25) is 0 Å². The van der Waals surface area contributed by atoms with Gasteiger partial charge in [-0.25, -0.2) is 19.6 Å². The normalized spacial score (nSPS) is 19.3. The zero-order chi connectivity index (χ0) is 23.0. The van der Waals surface area contributed by atoms with E-state index < -0.39 is 23.4 Å². The molecule has 31 heavy (non-hydrogen) atoms. The molecular formula is C22H30N4O5. The summed E-state index contributed by atoms with van der Waals surface area (Å²) in [5.41, 5.74) is -1.09. The van der Waals surface area contributed by atoms with Crippen LogP contribution in [0.3, 0.4) is 0 Å². The van der Waals surface area contributed by atoms with Crippen LogP contribution in [0.1, 0.15) is 60.6 Å². The predicted octanol–water partition coefficient (Wildman–Crippen LogP) is 4.97. The number of amides is 2. The highest BCUT2D eigenvalue weighted by Gasteiger charge is 2.35. The fourth-order valence-electron chi connectivity index (χ4n) is 3.25. The Hall–Kier alpha value is -2.94. The Morgan fingerprint density at radius 2 is 1.74 bits per heavy atom. The average Bonchev–Trinajstić information content (AvgIpc) is 3.25. The molecular weight excluding hydrogens is 400 g/mol. The zero-order valence-corrected chi connectivity index (χ0v) is 18.9. The summed E-state index contributed by atoms with van der Waals surface area (Å²) in [5.74, 6) is 0.0884. The SMILES string of the molecule is C=CC1CCC(n2ccc3c(N(C(=O)OC(C)(C)C)C(=O)OC(C)(C)C)ncnc32)O1. The van der Waals surface area contributed by atoms with Gasteiger partial charge in [0.05, 0.1) is 11.5 Å². The summed E-state index contributed by atoms with van der Waals surface area (Å²) >= 11 is 0. The van der Waals surface area contributed by atoms with Gasteiger partial charge in [-0.05, 0) is 60.5 Å². The molecule has 3 rings (SSSR count). The van der Waals surface area contributed by atoms with Crippen LogP contribution in [-0.2, 0) is 14.2 Å². The van der Waals surface area contributed by atoms with Crippen LogP contribution >= 0.6 is 0 Å². The third-order valence-electron chi connectivity index (χ3n) is 4.46. The number of fused-ring (bicyclic) bond motifs is 1. The molecule has 0 bridgehead atoms. The molecule has 0 aliphatic carbocycles. The Bertz CT molecular complexity index is 958. The number of ether oxygens (including phenoxy) is 3. The van der Waals surface area contributed by atoms with Crippen LogP contribution in [0.25, 0.3) is 11.0 Å². The molecule has 1 aliphatic heterocycles. The van der Waals surface area contributed by atoms with Crippen LogP contribution < -0.4 is 4.90 Å². The van der Waals surface area contributed by atoms with Crippen molar-refractivity contribution in [1.82, 2.24) is 14.5 Å². The summed E-state index contributed by atoms with van der Waals surface area (Å²) < 4.78 is 18.8. The van der Waals surface area contributed by atoms with E-state index in [1.54, 1.807) is 59.9 Å². The van der Waals surface area contributed by atoms with Crippen molar-refractivity contribution >= 4 is 29.0 Å². The maximum absolute atomic E-state index is 13.0. The summed E-state index contributed by atoms with van der Waals surface area (Å²) in [6.45, 7) is 14.1. The molecule has 1 saturated heterocycles. The van der Waals surface area contributed by atoms with E-state index in [-0.39, 0.29) is 18.1 Å². The second-order valence-electron chi connectivity index (χ2n) is 9.40. The van der Waals surface area contributed by atoms with Crippen LogP contribution in [-0.4, -0.2) is 44.0 Å². The minimum absolute atomic E-state index is 0.0243. The fraction of sp³-hybridized carbons (Fsp3) is 0.545. The number of carbonyl (C=O) groups is 2. The van der Waals surface area contributed by atoms with E-state index in [1.807, 2.05) is 4.57 Å². The first-order chi connectivity index (χ1) is 14.4. The fourth-order valence-corrected chi connectivity index (χ4v) is 3.25. The Balaban J connectivity index is 2.04. The number of hydrogen-bond acceptors (Lipinski definition) is 7. The first-order valence-corrected chi connectivity index (χ1v) is 10.3. The van der Waals surface area contributed by atoms with Crippen LogP contribution in [0.15, 0.2) is 31.2 Å². The minimum Gasteiger partial charge on any atom is -0.443 e. The summed E-state index contributed by atoms with van der Waals surface area (Å²) in [6, 6.07) is 1.75. The van der Waals surface area contributed by atoms with E-state index in [0.29, 0.717) is 11.0 Å². The maximum atomic E-state index is 13.0. The highest BCUT2D eigenvalue weighted by molar-refractivity contribution is 6.13. The van der Waals surface area contributed by atoms with Crippen LogP contribution in [0, 0.1) is 0 Å². The van der Waals surface area contributed by atoms with Crippen molar-refractivity contribution in [2.45, 2.75) is 77.9 Å². The molecule has 0 aromatic carbocycles. The zero-order valence-electron chi connectivity index (χ0n) is 18.9. The second-order valence-corrected chi connectivity index (χ2v) is 9.40. The van der Waals surface area contributed by atoms with Gasteiger partial charge in [0.15, 0.2) is 5.82 Å². The van der Waals surface area contributed by atoms with Gasteiger partial charge in [0.2, 0.25) is 0 Å². The molecule has 0 N–H and O–H groups in total. The molecule has 2 atom stereocenters. The van der Waals surface area contributed by atoms with Gasteiger partial charge in [0, 0.05) is 6.20 Å². The van der Waals surface area contributed by atoms with E-state index in [4.69, 9.17) is 14.2 Å². The number of imide groups is 1. The van der Waals surface area contributed by atoms with Gasteiger partial charge in [-0.1, -0.05) is 6.08 Å². The minimum atomic E-state index is -0.877. The van der Waals surface area contributed by atoms with Gasteiger partial charge in [0.1, 0.15) is 29.4 Å². The molecule has 2 aromatic rings. The largest absolute Gasteiger partial charge is 0.443 e. The molecule has 2 amide bonds. The monoisotopic (exact) mass is 430 g/mol. The van der Waals surface area contributed by atoms with Gasteiger partial charge >= 0.3 is 12.2 Å². The van der Waals surface area contributed by atoms with Crippen LogP contribution in [0.4, 0.5) is 15.4 Å². The van der Waals surface area contributed by atoms with E-state index in [0.717, 1.165) is 17.7 Å². The third-order valence-corrected chi connectivity index (χ3v) is 4.46. The van der Waals surface area contributed by atoms with Gasteiger partial charge in [-0.3, -0.25) is 0 Å². The standard InChI is InChI=1S/C22H30N4O5/c1-8-14-9-10-16(29-14)25-12-11-15-17(25)23-13-24-18(15)26(19(27)30-21(2,3)4)20(28)31-22(5,6)7/h8,11-14,16H,1,9-10H2,2-7H3. The topological polar surface area (TPSA) is 95.8 Å². The molecule has 2 unspecified atom stereocenters. The van der Waals surface area contributed by atoms with Crippen molar-refractivity contribution < 1.29 is 23.8 Å². The molecule has 0 saturated carbocycles. The quantitative estimate of drug-likeness (QED) is 0.634. The number of rotatable bonds is 3. The van der Waals surface area contributed by atoms with Gasteiger partial charge < -0.3 is 18.8 Å². The lowest BCUT2D eigenvalue weighted by Crippen LogP contribution is -2.44. The molecule has 168 valence electrons. The van der Waals surface area contributed by atoms with Crippen molar-refractivity contribution in [3.05, 3.63) is 31.2 Å². The predicted molar refractivity (Wildman–Crippen MR) is 116 cm³/mol. The molecule has 9 nitrogen and oxygen atoms in total. The van der Waals surface area contributed by atoms with Crippen LogP contribution in [0.5, 0.6) is 0 Å². The summed E-state index contributed by atoms with van der Waals surface area (Å²) in [4.78, 5) is 35.3. The number of anilines is 1. The van der Waals surface area contributed by atoms with E-state index >= 15 is 0 Å². The van der Waals surface area contributed by atoms with E-state index in [9.17, 15) is 9.59 Å². The first kappa shape index (κ1) is 22.7. The Morgan fingerprint density at radius 1 is 1.13 bits per heavy atom. The number of hydrogen-bond donors (Lipinski definition) is 0. The highest BCUT2D eigenvalue weighted by Crippen LogP contribution is 2.34. The third kappa shape index (κ3) is 5.22. The summed E-state index contributed by atoms with van der Waals surface area (Å²) in [6.07, 6.45) is 4.53. The molecule has 0 radical (unpaired) electrons.